The molecule has 10 heteroatoms. The molecular weight excluding hydrogens is 454 g/mol. The third-order valence-corrected chi connectivity index (χ3v) is 5.81. The summed E-state index contributed by atoms with van der Waals surface area (Å²) in [5.41, 5.74) is 9.02. The zero-order valence-corrected chi connectivity index (χ0v) is 21.4. The highest BCUT2D eigenvalue weighted by Gasteiger charge is 2.17. The smallest absolute Gasteiger partial charge is 0.225 e. The quantitative estimate of drug-likeness (QED) is 0.259. The number of hydrogen-bond acceptors (Lipinski definition) is 8. The highest BCUT2D eigenvalue weighted by Crippen LogP contribution is 2.32. The van der Waals surface area contributed by atoms with Gasteiger partial charge in [-0.15, -0.1) is 0 Å². The van der Waals surface area contributed by atoms with E-state index in [0.717, 1.165) is 74.5 Å². The predicted molar refractivity (Wildman–Crippen MR) is 137 cm³/mol. The Morgan fingerprint density at radius 3 is 2.50 bits per heavy atom. The van der Waals surface area contributed by atoms with Crippen LogP contribution in [-0.2, 0) is 13.1 Å². The van der Waals surface area contributed by atoms with E-state index in [4.69, 9.17) is 31.9 Å². The van der Waals surface area contributed by atoms with Crippen molar-refractivity contribution in [3.05, 3.63) is 34.7 Å². The number of ether oxygens (including phenoxy) is 2. The summed E-state index contributed by atoms with van der Waals surface area (Å²) >= 11 is 6.15. The Balaban J connectivity index is 1.86. The molecule has 0 unspecified atom stereocenters. The van der Waals surface area contributed by atoms with Crippen molar-refractivity contribution in [1.82, 2.24) is 24.6 Å². The van der Waals surface area contributed by atoms with Crippen LogP contribution in [0.15, 0.2) is 18.3 Å². The average Bonchev–Trinajstić information content (AvgIpc) is 3.22. The Labute approximate surface area is 206 Å². The molecule has 3 aromatic rings. The van der Waals surface area contributed by atoms with E-state index in [9.17, 15) is 0 Å². The number of methoxy groups -OCH3 is 2. The number of aromatic nitrogens is 4. The molecule has 0 saturated carbocycles. The number of rotatable bonds is 14. The average molecular weight is 490 g/mol. The first-order valence-electron chi connectivity index (χ1n) is 11.8. The number of benzene rings is 1. The largest absolute Gasteiger partial charge is 0.496 e. The van der Waals surface area contributed by atoms with Crippen LogP contribution in [0.4, 0.5) is 5.82 Å². The predicted octanol–water partition coefficient (Wildman–Crippen LogP) is 3.93. The maximum atomic E-state index is 6.15. The lowest BCUT2D eigenvalue weighted by molar-refractivity contribution is 0.317. The van der Waals surface area contributed by atoms with Gasteiger partial charge in [-0.05, 0) is 68.7 Å². The summed E-state index contributed by atoms with van der Waals surface area (Å²) in [6.07, 6.45) is 6.09. The van der Waals surface area contributed by atoms with Crippen LogP contribution in [0.3, 0.4) is 0 Å². The van der Waals surface area contributed by atoms with Crippen molar-refractivity contribution in [1.29, 1.82) is 0 Å². The molecule has 0 spiro atoms. The van der Waals surface area contributed by atoms with Gasteiger partial charge in [0.15, 0.2) is 11.3 Å². The van der Waals surface area contributed by atoms with Crippen LogP contribution in [0.2, 0.25) is 5.28 Å². The van der Waals surface area contributed by atoms with Crippen molar-refractivity contribution < 1.29 is 9.47 Å². The van der Waals surface area contributed by atoms with E-state index in [1.807, 2.05) is 10.9 Å². The van der Waals surface area contributed by atoms with E-state index in [1.54, 1.807) is 14.2 Å². The Hall–Kier alpha value is -2.62. The van der Waals surface area contributed by atoms with E-state index in [-0.39, 0.29) is 5.28 Å². The number of halogens is 1. The summed E-state index contributed by atoms with van der Waals surface area (Å²) < 4.78 is 13.3. The summed E-state index contributed by atoms with van der Waals surface area (Å²) in [7, 11) is 5.46. The molecule has 0 aliphatic carbocycles. The second kappa shape index (κ2) is 12.7. The number of unbranched alkanes of at least 4 members (excludes halogenated alkanes) is 2. The van der Waals surface area contributed by atoms with Crippen molar-refractivity contribution in [2.75, 3.05) is 46.2 Å². The normalized spacial score (nSPS) is 11.4. The van der Waals surface area contributed by atoms with Crippen molar-refractivity contribution in [3.63, 3.8) is 0 Å². The van der Waals surface area contributed by atoms with Crippen LogP contribution >= 0.6 is 11.6 Å². The van der Waals surface area contributed by atoms with E-state index < -0.39 is 0 Å². The van der Waals surface area contributed by atoms with Gasteiger partial charge >= 0.3 is 0 Å². The van der Waals surface area contributed by atoms with Gasteiger partial charge in [-0.1, -0.05) is 13.3 Å². The molecule has 34 heavy (non-hydrogen) atoms. The Morgan fingerprint density at radius 2 is 1.85 bits per heavy atom. The molecular formula is C24H36ClN7O2. The third kappa shape index (κ3) is 6.71. The Bertz CT molecular complexity index is 1050. The number of nitrogens with one attached hydrogen (secondary N) is 1. The van der Waals surface area contributed by atoms with Gasteiger partial charge in [-0.2, -0.15) is 10.1 Å². The van der Waals surface area contributed by atoms with Gasteiger partial charge < -0.3 is 25.4 Å². The van der Waals surface area contributed by atoms with Crippen molar-refractivity contribution in [2.24, 2.45) is 5.73 Å². The summed E-state index contributed by atoms with van der Waals surface area (Å²) in [6, 6.07) is 4.13. The van der Waals surface area contributed by atoms with Crippen molar-refractivity contribution >= 4 is 28.5 Å². The van der Waals surface area contributed by atoms with Crippen LogP contribution in [0.25, 0.3) is 11.0 Å². The number of nitrogens with zero attached hydrogens (tertiary/aromatic N) is 5. The number of hydrogen-bond donors (Lipinski definition) is 2. The molecule has 0 fully saturated rings. The van der Waals surface area contributed by atoms with Crippen LogP contribution in [0.1, 0.15) is 43.7 Å². The number of nitrogens with two attached hydrogens (primary N) is 1. The van der Waals surface area contributed by atoms with Crippen molar-refractivity contribution in [2.45, 2.75) is 45.7 Å². The van der Waals surface area contributed by atoms with E-state index in [0.29, 0.717) is 23.4 Å². The maximum Gasteiger partial charge on any atom is 0.225 e. The molecule has 0 aliphatic rings. The second-order valence-electron chi connectivity index (χ2n) is 8.39. The lowest BCUT2D eigenvalue weighted by atomic mass is 10.1. The minimum Gasteiger partial charge on any atom is -0.496 e. The highest BCUT2D eigenvalue weighted by atomic mass is 35.5. The number of anilines is 1. The first-order valence-corrected chi connectivity index (χ1v) is 12.1. The number of fused-ring (bicyclic) bond motifs is 1. The summed E-state index contributed by atoms with van der Waals surface area (Å²) in [5, 5.41) is 8.25. The molecule has 186 valence electrons. The zero-order chi connectivity index (χ0) is 24.5. The van der Waals surface area contributed by atoms with Gasteiger partial charge in [0.25, 0.3) is 0 Å². The van der Waals surface area contributed by atoms with Gasteiger partial charge in [0, 0.05) is 13.1 Å². The SMILES string of the molecule is CCCCNc1nc(Cl)nc2cn(Cc3c(OC)cc(CN(C)CCCCN)cc3OC)nc12. The molecule has 0 atom stereocenters. The Kier molecular flexibility index (Phi) is 9.74. The van der Waals surface area contributed by atoms with E-state index in [1.165, 1.54) is 0 Å². The molecule has 0 aliphatic heterocycles. The summed E-state index contributed by atoms with van der Waals surface area (Å²) in [5.74, 6) is 2.17. The van der Waals surface area contributed by atoms with Crippen molar-refractivity contribution in [3.8, 4) is 11.5 Å². The third-order valence-electron chi connectivity index (χ3n) is 5.64. The minimum absolute atomic E-state index is 0.196. The molecule has 9 nitrogen and oxygen atoms in total. The van der Waals surface area contributed by atoms with Crippen LogP contribution in [-0.4, -0.2) is 65.5 Å². The van der Waals surface area contributed by atoms with Gasteiger partial charge in [-0.3, -0.25) is 4.68 Å². The monoisotopic (exact) mass is 489 g/mol. The van der Waals surface area contributed by atoms with Gasteiger partial charge in [0.2, 0.25) is 5.28 Å². The molecule has 3 rings (SSSR count). The molecule has 0 bridgehead atoms. The molecule has 2 aromatic heterocycles. The summed E-state index contributed by atoms with van der Waals surface area (Å²) in [4.78, 5) is 11.0. The van der Waals surface area contributed by atoms with Gasteiger partial charge in [0.1, 0.15) is 17.0 Å². The second-order valence-corrected chi connectivity index (χ2v) is 8.73. The topological polar surface area (TPSA) is 103 Å². The molecule has 3 N–H and O–H groups in total. The molecule has 0 saturated heterocycles. The molecule has 0 amide bonds. The lowest BCUT2D eigenvalue weighted by Gasteiger charge is -2.20. The fourth-order valence-electron chi connectivity index (χ4n) is 3.88. The Morgan fingerprint density at radius 1 is 1.12 bits per heavy atom. The first-order chi connectivity index (χ1) is 16.5. The fourth-order valence-corrected chi connectivity index (χ4v) is 4.06. The highest BCUT2D eigenvalue weighted by molar-refractivity contribution is 6.28. The maximum absolute atomic E-state index is 6.15. The van der Waals surface area contributed by atoms with E-state index >= 15 is 0 Å². The lowest BCUT2D eigenvalue weighted by Crippen LogP contribution is -2.20. The minimum atomic E-state index is 0.196. The standard InChI is InChI=1S/C24H36ClN7O2/c1-5-6-10-27-23-22-19(28-24(25)29-23)16-32(30-22)15-18-20(33-3)12-17(13-21(18)34-4)14-31(2)11-8-7-9-26/h12-13,16H,5-11,14-15,26H2,1-4H3,(H,27,28,29). The molecule has 1 aromatic carbocycles. The van der Waals surface area contributed by atoms with Crippen LogP contribution < -0.4 is 20.5 Å². The van der Waals surface area contributed by atoms with Gasteiger partial charge in [-0.25, -0.2) is 4.98 Å². The van der Waals surface area contributed by atoms with Crippen LogP contribution in [0, 0.1) is 0 Å². The molecule has 0 radical (unpaired) electrons. The zero-order valence-electron chi connectivity index (χ0n) is 20.6. The molecule has 2 heterocycles. The van der Waals surface area contributed by atoms with Gasteiger partial charge in [0.05, 0.1) is 32.5 Å². The summed E-state index contributed by atoms with van der Waals surface area (Å²) in [6.45, 7) is 5.91. The first kappa shape index (κ1) is 26.0. The van der Waals surface area contributed by atoms with Crippen LogP contribution in [0.5, 0.6) is 11.5 Å². The van der Waals surface area contributed by atoms with E-state index in [2.05, 4.69) is 46.3 Å². The fraction of sp³-hybridized carbons (Fsp3) is 0.542.